The average Bonchev–Trinajstić information content (AvgIpc) is 2.86. The summed E-state index contributed by atoms with van der Waals surface area (Å²) in [5, 5.41) is 10.3. The van der Waals surface area contributed by atoms with Crippen molar-refractivity contribution in [3.05, 3.63) is 10.6 Å². The van der Waals surface area contributed by atoms with Gasteiger partial charge in [-0.15, -0.1) is 11.3 Å². The molecule has 1 aromatic heterocycles. The van der Waals surface area contributed by atoms with Crippen molar-refractivity contribution in [3.63, 3.8) is 0 Å². The van der Waals surface area contributed by atoms with E-state index in [9.17, 15) is 9.90 Å². The first-order chi connectivity index (χ1) is 9.16. The maximum absolute atomic E-state index is 11.2. The third kappa shape index (κ3) is 2.36. The Hall–Kier alpha value is -1.10. The Morgan fingerprint density at radius 1 is 1.37 bits per heavy atom. The number of carbonyl (C=O) groups is 1. The van der Waals surface area contributed by atoms with E-state index >= 15 is 0 Å². The Kier molecular flexibility index (Phi) is 3.48. The summed E-state index contributed by atoms with van der Waals surface area (Å²) in [7, 11) is 0. The molecule has 3 rings (SSSR count). The third-order valence-electron chi connectivity index (χ3n) is 4.30. The lowest BCUT2D eigenvalue weighted by Gasteiger charge is -2.26. The van der Waals surface area contributed by atoms with Crippen LogP contribution in [-0.4, -0.2) is 28.6 Å². The van der Waals surface area contributed by atoms with Crippen LogP contribution < -0.4 is 4.90 Å². The van der Waals surface area contributed by atoms with E-state index in [4.69, 9.17) is 0 Å². The van der Waals surface area contributed by atoms with Gasteiger partial charge < -0.3 is 10.0 Å². The third-order valence-corrected chi connectivity index (χ3v) is 5.47. The van der Waals surface area contributed by atoms with Gasteiger partial charge in [0, 0.05) is 17.5 Å². The molecular weight excluding hydrogens is 260 g/mol. The van der Waals surface area contributed by atoms with Crippen LogP contribution in [0.15, 0.2) is 0 Å². The summed E-state index contributed by atoms with van der Waals surface area (Å²) in [5.74, 6) is -1.10. The molecule has 1 aromatic rings. The van der Waals surface area contributed by atoms with Crippen LogP contribution in [0, 0.1) is 0 Å². The Labute approximate surface area is 117 Å². The van der Waals surface area contributed by atoms with E-state index in [0.29, 0.717) is 6.04 Å². The zero-order valence-corrected chi connectivity index (χ0v) is 12.1. The molecule has 0 amide bonds. The van der Waals surface area contributed by atoms with E-state index in [1.165, 1.54) is 30.6 Å². The molecule has 1 saturated heterocycles. The van der Waals surface area contributed by atoms with Gasteiger partial charge in [-0.1, -0.05) is 12.8 Å². The molecule has 2 unspecified atom stereocenters. The number of hydrogen-bond donors (Lipinski definition) is 1. The smallest absolute Gasteiger partial charge is 0.312 e. The van der Waals surface area contributed by atoms with Gasteiger partial charge in [0.05, 0.1) is 5.69 Å². The highest BCUT2D eigenvalue weighted by molar-refractivity contribution is 7.15. The van der Waals surface area contributed by atoms with Gasteiger partial charge in [-0.25, -0.2) is 4.98 Å². The molecule has 0 radical (unpaired) electrons. The zero-order valence-electron chi connectivity index (χ0n) is 11.3. The fraction of sp³-hybridized carbons (Fsp3) is 0.714. The maximum Gasteiger partial charge on any atom is 0.312 e. The first kappa shape index (κ1) is 12.9. The Morgan fingerprint density at radius 3 is 3.00 bits per heavy atom. The molecule has 2 aliphatic rings. The van der Waals surface area contributed by atoms with Crippen LogP contribution >= 0.6 is 11.3 Å². The molecule has 1 aliphatic heterocycles. The fourth-order valence-electron chi connectivity index (χ4n) is 3.14. The number of aromatic nitrogens is 1. The Bertz CT molecular complexity index is 486. The molecule has 0 bridgehead atoms. The molecule has 1 fully saturated rings. The standard InChI is InChI=1S/C14H20N2O2S/c1-9-5-3-2-4-8-16(9)14-15-12-10(13(17)18)6-7-11(12)19-14/h9-10H,2-8H2,1H3,(H,17,18). The molecule has 104 valence electrons. The highest BCUT2D eigenvalue weighted by Gasteiger charge is 2.33. The molecule has 1 N–H and O–H groups in total. The van der Waals surface area contributed by atoms with Gasteiger partial charge in [0.1, 0.15) is 5.92 Å². The number of thiazole rings is 1. The Balaban J connectivity index is 1.86. The van der Waals surface area contributed by atoms with E-state index in [2.05, 4.69) is 16.8 Å². The second-order valence-corrected chi connectivity index (χ2v) is 6.69. The number of aryl methyl sites for hydroxylation is 1. The monoisotopic (exact) mass is 280 g/mol. The number of rotatable bonds is 2. The second-order valence-electron chi connectivity index (χ2n) is 5.63. The van der Waals surface area contributed by atoms with Crippen molar-refractivity contribution in [3.8, 4) is 0 Å². The summed E-state index contributed by atoms with van der Waals surface area (Å²) in [4.78, 5) is 19.5. The van der Waals surface area contributed by atoms with Crippen LogP contribution in [0.2, 0.25) is 0 Å². The van der Waals surface area contributed by atoms with Crippen molar-refractivity contribution < 1.29 is 9.90 Å². The highest BCUT2D eigenvalue weighted by atomic mass is 32.1. The summed E-state index contributed by atoms with van der Waals surface area (Å²) in [6, 6.07) is 0.525. The summed E-state index contributed by atoms with van der Waals surface area (Å²) < 4.78 is 0. The molecule has 0 spiro atoms. The Morgan fingerprint density at radius 2 is 2.21 bits per heavy atom. The number of aliphatic carboxylic acids is 1. The van der Waals surface area contributed by atoms with Crippen molar-refractivity contribution in [2.24, 2.45) is 0 Å². The van der Waals surface area contributed by atoms with Crippen LogP contribution in [0.1, 0.15) is 55.5 Å². The van der Waals surface area contributed by atoms with Crippen LogP contribution in [-0.2, 0) is 11.2 Å². The molecule has 4 nitrogen and oxygen atoms in total. The predicted octanol–water partition coefficient (Wildman–Crippen LogP) is 3.03. The number of nitrogens with zero attached hydrogens (tertiary/aromatic N) is 2. The lowest BCUT2D eigenvalue weighted by Crippen LogP contribution is -2.32. The van der Waals surface area contributed by atoms with E-state index in [1.54, 1.807) is 11.3 Å². The van der Waals surface area contributed by atoms with Crippen molar-refractivity contribution in [1.29, 1.82) is 0 Å². The van der Waals surface area contributed by atoms with E-state index in [1.807, 2.05) is 0 Å². The fourth-order valence-corrected chi connectivity index (χ4v) is 4.40. The first-order valence-electron chi connectivity index (χ1n) is 7.16. The molecule has 19 heavy (non-hydrogen) atoms. The number of carboxylic acids is 1. The molecule has 2 heterocycles. The van der Waals surface area contributed by atoms with Gasteiger partial charge in [0.2, 0.25) is 0 Å². The van der Waals surface area contributed by atoms with Gasteiger partial charge in [-0.2, -0.15) is 0 Å². The largest absolute Gasteiger partial charge is 0.481 e. The summed E-state index contributed by atoms with van der Waals surface area (Å²) in [6.07, 6.45) is 6.62. The van der Waals surface area contributed by atoms with Crippen molar-refractivity contribution in [1.82, 2.24) is 4.98 Å². The van der Waals surface area contributed by atoms with Gasteiger partial charge in [-0.3, -0.25) is 4.79 Å². The van der Waals surface area contributed by atoms with Crippen LogP contribution in [0.25, 0.3) is 0 Å². The minimum atomic E-state index is -0.723. The number of fused-ring (bicyclic) bond motifs is 1. The number of hydrogen-bond acceptors (Lipinski definition) is 4. The van der Waals surface area contributed by atoms with E-state index in [-0.39, 0.29) is 5.92 Å². The molecule has 1 aliphatic carbocycles. The molecule has 0 aromatic carbocycles. The average molecular weight is 280 g/mol. The quantitative estimate of drug-likeness (QED) is 0.904. The second kappa shape index (κ2) is 5.12. The summed E-state index contributed by atoms with van der Waals surface area (Å²) >= 11 is 1.71. The van der Waals surface area contributed by atoms with Gasteiger partial charge in [0.25, 0.3) is 0 Å². The van der Waals surface area contributed by atoms with E-state index < -0.39 is 5.97 Å². The van der Waals surface area contributed by atoms with Crippen LogP contribution in [0.3, 0.4) is 0 Å². The van der Waals surface area contributed by atoms with Crippen LogP contribution in [0.5, 0.6) is 0 Å². The number of carboxylic acid groups (broad SMARTS) is 1. The molecular formula is C14H20N2O2S. The van der Waals surface area contributed by atoms with Gasteiger partial charge in [0.15, 0.2) is 5.13 Å². The molecule has 2 atom stereocenters. The SMILES string of the molecule is CC1CCCCCN1c1nc2c(s1)CCC2C(=O)O. The topological polar surface area (TPSA) is 53.4 Å². The molecule has 5 heteroatoms. The van der Waals surface area contributed by atoms with Crippen LogP contribution in [0.4, 0.5) is 5.13 Å². The number of anilines is 1. The minimum Gasteiger partial charge on any atom is -0.481 e. The predicted molar refractivity (Wildman–Crippen MR) is 76.1 cm³/mol. The summed E-state index contributed by atoms with van der Waals surface area (Å²) in [5.41, 5.74) is 0.837. The lowest BCUT2D eigenvalue weighted by molar-refractivity contribution is -0.138. The van der Waals surface area contributed by atoms with Crippen molar-refractivity contribution in [2.45, 2.75) is 57.4 Å². The lowest BCUT2D eigenvalue weighted by atomic mass is 10.1. The van der Waals surface area contributed by atoms with Gasteiger partial charge in [-0.05, 0) is 32.6 Å². The highest BCUT2D eigenvalue weighted by Crippen LogP contribution is 2.40. The zero-order chi connectivity index (χ0) is 13.4. The molecule has 0 saturated carbocycles. The first-order valence-corrected chi connectivity index (χ1v) is 7.97. The normalized spacial score (nSPS) is 27.1. The van der Waals surface area contributed by atoms with Crippen molar-refractivity contribution >= 4 is 22.4 Å². The minimum absolute atomic E-state index is 0.373. The maximum atomic E-state index is 11.2. The van der Waals surface area contributed by atoms with Crippen molar-refractivity contribution in [2.75, 3.05) is 11.4 Å². The van der Waals surface area contributed by atoms with Gasteiger partial charge >= 0.3 is 5.97 Å². The summed E-state index contributed by atoms with van der Waals surface area (Å²) in [6.45, 7) is 3.32. The van der Waals surface area contributed by atoms with E-state index in [0.717, 1.165) is 30.2 Å².